The van der Waals surface area contributed by atoms with Crippen molar-refractivity contribution in [2.24, 2.45) is 5.92 Å². The van der Waals surface area contributed by atoms with Gasteiger partial charge in [-0.2, -0.15) is 13.2 Å². The maximum absolute atomic E-state index is 14.0. The monoisotopic (exact) mass is 527 g/mol. The van der Waals surface area contributed by atoms with Gasteiger partial charge in [0.2, 0.25) is 5.82 Å². The third kappa shape index (κ3) is 4.92. The molecule has 2 N–H and O–H groups in total. The molecule has 1 fully saturated rings. The zero-order valence-electron chi connectivity index (χ0n) is 20.7. The van der Waals surface area contributed by atoms with Crippen LogP contribution in [0, 0.1) is 18.7 Å². The van der Waals surface area contributed by atoms with E-state index in [1.165, 1.54) is 18.2 Å². The van der Waals surface area contributed by atoms with Crippen molar-refractivity contribution in [2.45, 2.75) is 51.9 Å². The van der Waals surface area contributed by atoms with Crippen LogP contribution in [0.25, 0.3) is 22.6 Å². The van der Waals surface area contributed by atoms with Gasteiger partial charge in [-0.05, 0) is 74.1 Å². The van der Waals surface area contributed by atoms with E-state index in [0.29, 0.717) is 33.9 Å². The minimum Gasteiger partial charge on any atom is -0.475 e. The summed E-state index contributed by atoms with van der Waals surface area (Å²) in [7, 11) is 0. The van der Waals surface area contributed by atoms with Crippen LogP contribution in [0.4, 0.5) is 23.4 Å². The second-order valence-corrected chi connectivity index (χ2v) is 9.68. The summed E-state index contributed by atoms with van der Waals surface area (Å²) in [6.45, 7) is 3.71. The molecule has 198 valence electrons. The largest absolute Gasteiger partial charge is 0.475 e. The number of aromatic carboxylic acids is 1. The molecule has 11 heteroatoms. The summed E-state index contributed by atoms with van der Waals surface area (Å²) < 4.78 is 55.1. The van der Waals surface area contributed by atoms with Gasteiger partial charge in [0.05, 0.1) is 5.56 Å². The highest BCUT2D eigenvalue weighted by Gasteiger charge is 2.30. The van der Waals surface area contributed by atoms with Crippen molar-refractivity contribution >= 4 is 23.0 Å². The number of aromatic nitrogens is 4. The number of fused-ring (bicyclic) bond motifs is 1. The summed E-state index contributed by atoms with van der Waals surface area (Å²) in [5.74, 6) is -1.11. The first kappa shape index (κ1) is 25.6. The molecule has 0 radical (unpaired) electrons. The highest BCUT2D eigenvalue weighted by Crippen LogP contribution is 2.35. The fraction of sp³-hybridized carbons (Fsp3) is 0.333. The first-order valence-corrected chi connectivity index (χ1v) is 12.2. The van der Waals surface area contributed by atoms with Crippen LogP contribution in [0.15, 0.2) is 42.5 Å². The fourth-order valence-electron chi connectivity index (χ4n) is 4.65. The lowest BCUT2D eigenvalue weighted by atomic mass is 9.80. The normalized spacial score (nSPS) is 14.9. The number of alkyl halides is 3. The standard InChI is InChI=1S/C27H25F4N5O2/c1-14-12-18(8-11-20(14)28)25-35-23-21(36(25)13-16-6-9-19(10-7-16)27(29,30)31)22(33-24(34-23)26(37)38)32-15(2)17-4-3-5-17/h6-12,15,17H,3-5,13H2,1-2H3,(H,37,38)(H,32,33,34). The Kier molecular flexibility index (Phi) is 6.54. The van der Waals surface area contributed by atoms with E-state index in [1.54, 1.807) is 23.6 Å². The number of halogens is 4. The molecule has 5 rings (SSSR count). The van der Waals surface area contributed by atoms with E-state index < -0.39 is 29.4 Å². The van der Waals surface area contributed by atoms with Gasteiger partial charge < -0.3 is 15.0 Å². The van der Waals surface area contributed by atoms with Gasteiger partial charge in [-0.1, -0.05) is 18.6 Å². The number of rotatable bonds is 7. The molecule has 2 aromatic heterocycles. The van der Waals surface area contributed by atoms with Crippen LogP contribution in [-0.4, -0.2) is 36.6 Å². The van der Waals surface area contributed by atoms with Crippen LogP contribution in [0.3, 0.4) is 0 Å². The van der Waals surface area contributed by atoms with Gasteiger partial charge in [0.1, 0.15) is 17.2 Å². The number of aryl methyl sites for hydroxylation is 1. The first-order valence-electron chi connectivity index (χ1n) is 12.2. The van der Waals surface area contributed by atoms with Crippen molar-refractivity contribution in [3.05, 3.63) is 70.8 Å². The van der Waals surface area contributed by atoms with Crippen LogP contribution in [0.1, 0.15) is 53.5 Å². The third-order valence-corrected chi connectivity index (χ3v) is 7.05. The Morgan fingerprint density at radius 3 is 2.42 bits per heavy atom. The molecular weight excluding hydrogens is 502 g/mol. The van der Waals surface area contributed by atoms with Crippen LogP contribution in [0.5, 0.6) is 0 Å². The number of hydrogen-bond acceptors (Lipinski definition) is 5. The van der Waals surface area contributed by atoms with Crippen LogP contribution < -0.4 is 5.32 Å². The number of carboxylic acids is 1. The van der Waals surface area contributed by atoms with Crippen LogP contribution >= 0.6 is 0 Å². The molecule has 4 aromatic rings. The summed E-state index contributed by atoms with van der Waals surface area (Å²) in [6.07, 6.45) is -1.26. The molecule has 0 aliphatic heterocycles. The lowest BCUT2D eigenvalue weighted by Gasteiger charge is -2.32. The van der Waals surface area contributed by atoms with E-state index in [2.05, 4.69) is 20.3 Å². The Bertz CT molecular complexity index is 1510. The number of anilines is 1. The maximum atomic E-state index is 14.0. The predicted molar refractivity (Wildman–Crippen MR) is 133 cm³/mol. The molecule has 0 bridgehead atoms. The lowest BCUT2D eigenvalue weighted by molar-refractivity contribution is -0.137. The average molecular weight is 528 g/mol. The van der Waals surface area contributed by atoms with Crippen molar-refractivity contribution in [3.63, 3.8) is 0 Å². The number of benzene rings is 2. The van der Waals surface area contributed by atoms with Crippen molar-refractivity contribution in [1.29, 1.82) is 0 Å². The third-order valence-electron chi connectivity index (χ3n) is 7.05. The van der Waals surface area contributed by atoms with E-state index >= 15 is 0 Å². The van der Waals surface area contributed by atoms with Crippen LogP contribution in [-0.2, 0) is 12.7 Å². The molecule has 1 unspecified atom stereocenters. The van der Waals surface area contributed by atoms with E-state index in [9.17, 15) is 27.5 Å². The second-order valence-electron chi connectivity index (χ2n) is 9.68. The summed E-state index contributed by atoms with van der Waals surface area (Å²) in [4.78, 5) is 24.8. The molecule has 1 aliphatic rings. The molecule has 1 aliphatic carbocycles. The minimum atomic E-state index is -4.47. The van der Waals surface area contributed by atoms with Crippen molar-refractivity contribution in [3.8, 4) is 11.4 Å². The topological polar surface area (TPSA) is 92.9 Å². The minimum absolute atomic E-state index is 0.00516. The van der Waals surface area contributed by atoms with Crippen LogP contribution in [0.2, 0.25) is 0 Å². The van der Waals surface area contributed by atoms with Gasteiger partial charge in [0.15, 0.2) is 11.5 Å². The van der Waals surface area contributed by atoms with Gasteiger partial charge in [0.25, 0.3) is 0 Å². The predicted octanol–water partition coefficient (Wildman–Crippen LogP) is 6.31. The Labute approximate surface area is 215 Å². The quantitative estimate of drug-likeness (QED) is 0.274. The Hall–Kier alpha value is -4.02. The molecule has 1 atom stereocenters. The highest BCUT2D eigenvalue weighted by molar-refractivity contribution is 5.92. The molecule has 7 nitrogen and oxygen atoms in total. The number of hydrogen-bond donors (Lipinski definition) is 2. The average Bonchev–Trinajstić information content (AvgIpc) is 3.18. The zero-order chi connectivity index (χ0) is 27.2. The summed E-state index contributed by atoms with van der Waals surface area (Å²) in [6, 6.07) is 9.22. The van der Waals surface area contributed by atoms with Crippen molar-refractivity contribution in [2.75, 3.05) is 5.32 Å². The lowest BCUT2D eigenvalue weighted by Crippen LogP contribution is -2.31. The van der Waals surface area contributed by atoms with Gasteiger partial charge in [-0.15, -0.1) is 0 Å². The van der Waals surface area contributed by atoms with E-state index in [1.807, 2.05) is 6.92 Å². The van der Waals surface area contributed by atoms with Gasteiger partial charge in [0, 0.05) is 18.2 Å². The number of carboxylic acid groups (broad SMARTS) is 1. The van der Waals surface area contributed by atoms with Gasteiger partial charge >= 0.3 is 12.1 Å². The first-order chi connectivity index (χ1) is 18.0. The van der Waals surface area contributed by atoms with E-state index in [0.717, 1.165) is 31.4 Å². The Morgan fingerprint density at radius 2 is 1.84 bits per heavy atom. The SMILES string of the molecule is Cc1cc(-c2nc3nc(C(=O)O)nc(NC(C)C4CCC4)c3n2Cc2ccc(C(F)(F)F)cc2)ccc1F. The number of carbonyl (C=O) groups is 1. The second kappa shape index (κ2) is 9.70. The van der Waals surface area contributed by atoms with Crippen molar-refractivity contribution in [1.82, 2.24) is 19.5 Å². The molecule has 0 spiro atoms. The van der Waals surface area contributed by atoms with Gasteiger partial charge in [-0.25, -0.2) is 24.1 Å². The maximum Gasteiger partial charge on any atom is 0.416 e. The molecule has 0 saturated heterocycles. The van der Waals surface area contributed by atoms with Gasteiger partial charge in [-0.3, -0.25) is 0 Å². The molecular formula is C27H25F4N5O2. The Balaban J connectivity index is 1.69. The number of imidazole rings is 1. The van der Waals surface area contributed by atoms with E-state index in [4.69, 9.17) is 0 Å². The summed E-state index contributed by atoms with van der Waals surface area (Å²) in [5.41, 5.74) is 1.24. The molecule has 2 aromatic carbocycles. The summed E-state index contributed by atoms with van der Waals surface area (Å²) in [5, 5.41) is 13.0. The van der Waals surface area contributed by atoms with E-state index in [-0.39, 0.29) is 24.1 Å². The molecule has 38 heavy (non-hydrogen) atoms. The molecule has 2 heterocycles. The number of nitrogens with zero attached hydrogens (tertiary/aromatic N) is 4. The Morgan fingerprint density at radius 1 is 1.13 bits per heavy atom. The molecule has 0 amide bonds. The van der Waals surface area contributed by atoms with Crippen molar-refractivity contribution < 1.29 is 27.5 Å². The molecule has 1 saturated carbocycles. The smallest absolute Gasteiger partial charge is 0.416 e. The number of nitrogens with one attached hydrogen (secondary N) is 1. The summed E-state index contributed by atoms with van der Waals surface area (Å²) >= 11 is 0. The zero-order valence-corrected chi connectivity index (χ0v) is 20.7. The highest BCUT2D eigenvalue weighted by atomic mass is 19.4. The fourth-order valence-corrected chi connectivity index (χ4v) is 4.65.